The summed E-state index contributed by atoms with van der Waals surface area (Å²) < 4.78 is 11.2. The number of aliphatic imine (C=N–C) groups is 1. The van der Waals surface area contributed by atoms with Crippen LogP contribution in [0.5, 0.6) is 0 Å². The first-order chi connectivity index (χ1) is 16.1. The molecule has 2 aromatic carbocycles. The number of halogens is 1. The highest BCUT2D eigenvalue weighted by atomic mass is 35.5. The van der Waals surface area contributed by atoms with Gasteiger partial charge in [0.05, 0.1) is 29.3 Å². The van der Waals surface area contributed by atoms with Crippen LogP contribution in [-0.2, 0) is 15.1 Å². The second-order valence-electron chi connectivity index (χ2n) is 8.77. The van der Waals surface area contributed by atoms with Gasteiger partial charge >= 0.3 is 12.2 Å². The molecular formula is C26H32ClN3O4. The van der Waals surface area contributed by atoms with Crippen LogP contribution in [0.25, 0.3) is 0 Å². The van der Waals surface area contributed by atoms with Crippen molar-refractivity contribution < 1.29 is 19.1 Å². The van der Waals surface area contributed by atoms with E-state index in [9.17, 15) is 9.59 Å². The van der Waals surface area contributed by atoms with Gasteiger partial charge in [0.25, 0.3) is 0 Å². The van der Waals surface area contributed by atoms with E-state index in [2.05, 4.69) is 0 Å². The van der Waals surface area contributed by atoms with Crippen LogP contribution in [0.1, 0.15) is 52.7 Å². The number of alkyl halides is 1. The highest BCUT2D eigenvalue weighted by Crippen LogP contribution is 2.43. The molecule has 0 bridgehead atoms. The van der Waals surface area contributed by atoms with Crippen LogP contribution in [0.2, 0.25) is 0 Å². The highest BCUT2D eigenvalue weighted by Gasteiger charge is 2.56. The largest absolute Gasteiger partial charge is 0.445 e. The van der Waals surface area contributed by atoms with E-state index < -0.39 is 41.5 Å². The Bertz CT molecular complexity index is 1030. The Hall–Kier alpha value is -3.06. The zero-order valence-corrected chi connectivity index (χ0v) is 21.2. The number of benzene rings is 2. The number of ether oxygens (including phenoxy) is 2. The number of carbonyl (C=O) groups is 2. The van der Waals surface area contributed by atoms with Gasteiger partial charge in [0.2, 0.25) is 0 Å². The predicted molar refractivity (Wildman–Crippen MR) is 133 cm³/mol. The molecule has 3 atom stereocenters. The van der Waals surface area contributed by atoms with Gasteiger partial charge in [-0.15, -0.1) is 11.6 Å². The molecule has 0 radical (unpaired) electrons. The van der Waals surface area contributed by atoms with Gasteiger partial charge in [0, 0.05) is 5.56 Å². The number of hydrogen-bond acceptors (Lipinski definition) is 5. The van der Waals surface area contributed by atoms with Crippen molar-refractivity contribution in [1.29, 1.82) is 0 Å². The Kier molecular flexibility index (Phi) is 7.87. The van der Waals surface area contributed by atoms with Crippen LogP contribution in [0.15, 0.2) is 65.7 Å². The molecule has 2 aromatic rings. The van der Waals surface area contributed by atoms with Gasteiger partial charge < -0.3 is 9.47 Å². The van der Waals surface area contributed by atoms with Crippen LogP contribution in [0, 0.1) is 0 Å². The molecule has 0 spiro atoms. The average molecular weight is 486 g/mol. The van der Waals surface area contributed by atoms with Crippen molar-refractivity contribution in [1.82, 2.24) is 10.0 Å². The third-order valence-corrected chi connectivity index (χ3v) is 5.75. The van der Waals surface area contributed by atoms with E-state index >= 15 is 0 Å². The SMILES string of the molecule is CC(C)OC(=O)N1[C@@H](C)C(c2ccccc2)=N[C@@](c2ccccc2)([C@@H](C)Cl)N1C(=O)OC(C)C. The molecular weight excluding hydrogens is 454 g/mol. The molecule has 182 valence electrons. The fourth-order valence-corrected chi connectivity index (χ4v) is 4.29. The number of amides is 2. The first-order valence-electron chi connectivity index (χ1n) is 11.4. The summed E-state index contributed by atoms with van der Waals surface area (Å²) in [5.41, 5.74) is 0.585. The first-order valence-corrected chi connectivity index (χ1v) is 11.9. The lowest BCUT2D eigenvalue weighted by Crippen LogP contribution is -2.69. The molecule has 7 nitrogen and oxygen atoms in total. The maximum atomic E-state index is 13.6. The molecule has 8 heteroatoms. The molecule has 0 unspecified atom stereocenters. The molecule has 3 rings (SSSR count). The lowest BCUT2D eigenvalue weighted by Gasteiger charge is -2.52. The molecule has 2 amide bonds. The Morgan fingerprint density at radius 1 is 0.882 bits per heavy atom. The molecule has 1 aliphatic rings. The van der Waals surface area contributed by atoms with Crippen molar-refractivity contribution in [2.24, 2.45) is 4.99 Å². The number of carbonyl (C=O) groups excluding carboxylic acids is 2. The van der Waals surface area contributed by atoms with Crippen molar-refractivity contribution in [3.63, 3.8) is 0 Å². The maximum absolute atomic E-state index is 13.6. The normalized spacial score (nSPS) is 21.3. The van der Waals surface area contributed by atoms with Gasteiger partial charge in [0.1, 0.15) is 0 Å². The second kappa shape index (κ2) is 10.5. The van der Waals surface area contributed by atoms with E-state index in [4.69, 9.17) is 26.1 Å². The minimum absolute atomic E-state index is 0.402. The summed E-state index contributed by atoms with van der Waals surface area (Å²) in [5.74, 6) is 0. The minimum atomic E-state index is -1.47. The smallest absolute Gasteiger partial charge is 0.431 e. The van der Waals surface area contributed by atoms with Crippen molar-refractivity contribution in [2.45, 2.75) is 70.8 Å². The Morgan fingerprint density at radius 3 is 1.88 bits per heavy atom. The predicted octanol–water partition coefficient (Wildman–Crippen LogP) is 5.97. The summed E-state index contributed by atoms with van der Waals surface area (Å²) in [5, 5.41) is 1.77. The molecule has 0 fully saturated rings. The third kappa shape index (κ3) is 4.89. The van der Waals surface area contributed by atoms with Crippen molar-refractivity contribution >= 4 is 29.5 Å². The van der Waals surface area contributed by atoms with Crippen LogP contribution < -0.4 is 0 Å². The number of hydrazine groups is 1. The fourth-order valence-electron chi connectivity index (χ4n) is 4.02. The molecule has 1 heterocycles. The second-order valence-corrected chi connectivity index (χ2v) is 9.42. The fraction of sp³-hybridized carbons (Fsp3) is 0.423. The Balaban J connectivity index is 2.37. The quantitative estimate of drug-likeness (QED) is 0.489. The van der Waals surface area contributed by atoms with Gasteiger partial charge in [-0.2, -0.15) is 5.01 Å². The van der Waals surface area contributed by atoms with Gasteiger partial charge in [-0.25, -0.2) is 14.6 Å². The monoisotopic (exact) mass is 485 g/mol. The van der Waals surface area contributed by atoms with Gasteiger partial charge in [-0.1, -0.05) is 60.7 Å². The van der Waals surface area contributed by atoms with Gasteiger partial charge in [0.15, 0.2) is 5.66 Å². The molecule has 0 saturated carbocycles. The van der Waals surface area contributed by atoms with E-state index in [0.29, 0.717) is 11.3 Å². The van der Waals surface area contributed by atoms with E-state index in [-0.39, 0.29) is 0 Å². The standard InChI is InChI=1S/C26H32ClN3O4/c1-17(2)33-24(31)29-19(5)23(21-13-9-7-10-14-21)28-26(20(6)27,22-15-11-8-12-16-22)30(29)25(32)34-18(3)4/h7-20H,1-6H3/t19-,20+,26-/m0/s1. The van der Waals surface area contributed by atoms with E-state index in [1.165, 1.54) is 10.0 Å². The van der Waals surface area contributed by atoms with E-state index in [0.717, 1.165) is 5.56 Å². The molecule has 34 heavy (non-hydrogen) atoms. The van der Waals surface area contributed by atoms with Crippen LogP contribution in [-0.4, -0.2) is 51.5 Å². The van der Waals surface area contributed by atoms with Gasteiger partial charge in [-0.3, -0.25) is 4.99 Å². The lowest BCUT2D eigenvalue weighted by atomic mass is 9.91. The van der Waals surface area contributed by atoms with Gasteiger partial charge in [-0.05, 0) is 47.1 Å². The summed E-state index contributed by atoms with van der Waals surface area (Å²) in [7, 11) is 0. The third-order valence-electron chi connectivity index (χ3n) is 5.45. The summed E-state index contributed by atoms with van der Waals surface area (Å²) >= 11 is 6.86. The van der Waals surface area contributed by atoms with Crippen molar-refractivity contribution in [3.05, 3.63) is 71.8 Å². The maximum Gasteiger partial charge on any atom is 0.431 e. The van der Waals surface area contributed by atoms with Crippen LogP contribution >= 0.6 is 11.6 Å². The van der Waals surface area contributed by atoms with Crippen molar-refractivity contribution in [2.75, 3.05) is 0 Å². The molecule has 0 aromatic heterocycles. The number of hydrogen-bond donors (Lipinski definition) is 0. The highest BCUT2D eigenvalue weighted by molar-refractivity contribution is 6.21. The Morgan fingerprint density at radius 2 is 1.38 bits per heavy atom. The lowest BCUT2D eigenvalue weighted by molar-refractivity contribution is -0.106. The number of rotatable bonds is 5. The average Bonchev–Trinajstić information content (AvgIpc) is 2.78. The van der Waals surface area contributed by atoms with E-state index in [1.807, 2.05) is 60.7 Å². The first kappa shape index (κ1) is 25.6. The summed E-state index contributed by atoms with van der Waals surface area (Å²) in [6.45, 7) is 10.5. The Labute approximate surface area is 206 Å². The number of nitrogens with zero attached hydrogens (tertiary/aromatic N) is 3. The van der Waals surface area contributed by atoms with Crippen molar-refractivity contribution in [3.8, 4) is 0 Å². The van der Waals surface area contributed by atoms with Crippen LogP contribution in [0.3, 0.4) is 0 Å². The molecule has 0 aliphatic carbocycles. The summed E-state index contributed by atoms with van der Waals surface area (Å²) in [6.07, 6.45) is -2.26. The topological polar surface area (TPSA) is 71.4 Å². The zero-order valence-electron chi connectivity index (χ0n) is 20.4. The molecule has 0 saturated heterocycles. The summed E-state index contributed by atoms with van der Waals surface area (Å²) in [6, 6.07) is 18.1. The molecule has 1 aliphatic heterocycles. The summed E-state index contributed by atoms with van der Waals surface area (Å²) in [4.78, 5) is 32.2. The molecule has 0 N–H and O–H groups in total. The zero-order chi connectivity index (χ0) is 25.0. The van der Waals surface area contributed by atoms with E-state index in [1.54, 1.807) is 41.5 Å². The van der Waals surface area contributed by atoms with Crippen LogP contribution in [0.4, 0.5) is 9.59 Å². The minimum Gasteiger partial charge on any atom is -0.445 e.